The first-order chi connectivity index (χ1) is 11.5. The van der Waals surface area contributed by atoms with Crippen LogP contribution in [-0.2, 0) is 4.79 Å². The monoisotopic (exact) mass is 343 g/mol. The Morgan fingerprint density at radius 3 is 2.71 bits per heavy atom. The summed E-state index contributed by atoms with van der Waals surface area (Å²) in [4.78, 5) is 30.1. The van der Waals surface area contributed by atoms with Crippen molar-refractivity contribution in [1.82, 2.24) is 15.2 Å². The minimum atomic E-state index is -0.104. The van der Waals surface area contributed by atoms with Crippen molar-refractivity contribution in [3.8, 4) is 10.6 Å². The molecule has 0 bridgehead atoms. The molecule has 0 radical (unpaired) electrons. The Morgan fingerprint density at radius 2 is 2.08 bits per heavy atom. The van der Waals surface area contributed by atoms with Crippen molar-refractivity contribution >= 4 is 23.2 Å². The van der Waals surface area contributed by atoms with Gasteiger partial charge in [0, 0.05) is 48.3 Å². The highest BCUT2D eigenvalue weighted by Gasteiger charge is 2.26. The van der Waals surface area contributed by atoms with Gasteiger partial charge in [0.1, 0.15) is 5.01 Å². The number of amides is 2. The van der Waals surface area contributed by atoms with Crippen LogP contribution in [0, 0.1) is 6.92 Å². The lowest BCUT2D eigenvalue weighted by Gasteiger charge is -2.23. The fraction of sp³-hybridized carbons (Fsp3) is 0.389. The van der Waals surface area contributed by atoms with E-state index >= 15 is 0 Å². The molecule has 1 N–H and O–H groups in total. The number of rotatable bonds is 4. The van der Waals surface area contributed by atoms with E-state index in [1.807, 2.05) is 41.5 Å². The molecule has 1 aromatic heterocycles. The number of aryl methyl sites for hydroxylation is 1. The molecule has 6 heteroatoms. The second kappa shape index (κ2) is 7.13. The van der Waals surface area contributed by atoms with Crippen molar-refractivity contribution in [2.75, 3.05) is 13.1 Å². The normalized spacial score (nSPS) is 17.1. The molecule has 1 aliphatic heterocycles. The number of thiazole rings is 1. The predicted molar refractivity (Wildman–Crippen MR) is 95.0 cm³/mol. The average Bonchev–Trinajstić information content (AvgIpc) is 3.21. The third-order valence-corrected chi connectivity index (χ3v) is 5.30. The molecular weight excluding hydrogens is 322 g/mol. The fourth-order valence-corrected chi connectivity index (χ4v) is 3.83. The highest BCUT2D eigenvalue weighted by Crippen LogP contribution is 2.23. The van der Waals surface area contributed by atoms with Crippen LogP contribution in [-0.4, -0.2) is 40.8 Å². The van der Waals surface area contributed by atoms with Gasteiger partial charge in [0.25, 0.3) is 5.91 Å². The molecule has 1 saturated heterocycles. The van der Waals surface area contributed by atoms with Crippen LogP contribution in [0.15, 0.2) is 29.6 Å². The Labute approximate surface area is 145 Å². The summed E-state index contributed by atoms with van der Waals surface area (Å²) in [6.07, 6.45) is 1.95. The molecule has 2 heterocycles. The van der Waals surface area contributed by atoms with Crippen LogP contribution in [0.1, 0.15) is 35.8 Å². The molecule has 5 nitrogen and oxygen atoms in total. The summed E-state index contributed by atoms with van der Waals surface area (Å²) in [5, 5.41) is 5.92. The molecule has 126 valence electrons. The number of nitrogens with one attached hydrogen (secondary N) is 1. The smallest absolute Gasteiger partial charge is 0.251 e. The number of hydrogen-bond acceptors (Lipinski definition) is 4. The maximum Gasteiger partial charge on any atom is 0.251 e. The SMILES string of the molecule is CC(=O)N1CCCC1CNC(=O)c1ccc(-c2nc(C)cs2)cc1. The van der Waals surface area contributed by atoms with E-state index < -0.39 is 0 Å². The summed E-state index contributed by atoms with van der Waals surface area (Å²) in [5.74, 6) is -0.0258. The molecule has 1 fully saturated rings. The standard InChI is InChI=1S/C18H21N3O2S/c1-12-11-24-18(20-12)15-7-5-14(6-8-15)17(23)19-10-16-4-3-9-21(16)13(2)22/h5-8,11,16H,3-4,9-10H2,1-2H3,(H,19,23). The highest BCUT2D eigenvalue weighted by molar-refractivity contribution is 7.13. The van der Waals surface area contributed by atoms with E-state index in [1.165, 1.54) is 0 Å². The van der Waals surface area contributed by atoms with Crippen LogP contribution in [0.2, 0.25) is 0 Å². The van der Waals surface area contributed by atoms with Gasteiger partial charge >= 0.3 is 0 Å². The van der Waals surface area contributed by atoms with Crippen LogP contribution in [0.25, 0.3) is 10.6 Å². The quantitative estimate of drug-likeness (QED) is 0.928. The first-order valence-corrected chi connectivity index (χ1v) is 9.00. The maximum absolute atomic E-state index is 12.3. The highest BCUT2D eigenvalue weighted by atomic mass is 32.1. The van der Waals surface area contributed by atoms with Crippen LogP contribution < -0.4 is 5.32 Å². The molecule has 1 atom stereocenters. The van der Waals surface area contributed by atoms with E-state index in [-0.39, 0.29) is 17.9 Å². The lowest BCUT2D eigenvalue weighted by atomic mass is 10.1. The Balaban J connectivity index is 1.60. The lowest BCUT2D eigenvalue weighted by molar-refractivity contribution is -0.129. The van der Waals surface area contributed by atoms with Crippen molar-refractivity contribution in [1.29, 1.82) is 0 Å². The zero-order valence-corrected chi connectivity index (χ0v) is 14.7. The first-order valence-electron chi connectivity index (χ1n) is 8.12. The number of aromatic nitrogens is 1. The van der Waals surface area contributed by atoms with Crippen molar-refractivity contribution in [2.24, 2.45) is 0 Å². The van der Waals surface area contributed by atoms with Gasteiger partial charge in [0.05, 0.1) is 0 Å². The van der Waals surface area contributed by atoms with Crippen LogP contribution >= 0.6 is 11.3 Å². The van der Waals surface area contributed by atoms with Gasteiger partial charge in [-0.1, -0.05) is 12.1 Å². The van der Waals surface area contributed by atoms with Crippen molar-refractivity contribution in [3.05, 3.63) is 40.9 Å². The van der Waals surface area contributed by atoms with Crippen molar-refractivity contribution in [2.45, 2.75) is 32.7 Å². The number of hydrogen-bond donors (Lipinski definition) is 1. The maximum atomic E-state index is 12.3. The molecule has 2 aromatic rings. The van der Waals surface area contributed by atoms with E-state index in [0.29, 0.717) is 12.1 Å². The number of carbonyl (C=O) groups is 2. The Kier molecular flexibility index (Phi) is 4.94. The van der Waals surface area contributed by atoms with Gasteiger partial charge in [-0.3, -0.25) is 9.59 Å². The van der Waals surface area contributed by atoms with Gasteiger partial charge in [-0.2, -0.15) is 0 Å². The molecule has 0 saturated carbocycles. The largest absolute Gasteiger partial charge is 0.350 e. The van der Waals surface area contributed by atoms with E-state index in [2.05, 4.69) is 10.3 Å². The summed E-state index contributed by atoms with van der Waals surface area (Å²) in [7, 11) is 0. The van der Waals surface area contributed by atoms with E-state index in [9.17, 15) is 9.59 Å². The third-order valence-electron chi connectivity index (χ3n) is 4.29. The molecule has 24 heavy (non-hydrogen) atoms. The van der Waals surface area contributed by atoms with Crippen molar-refractivity contribution in [3.63, 3.8) is 0 Å². The van der Waals surface area contributed by atoms with Crippen LogP contribution in [0.3, 0.4) is 0 Å². The lowest BCUT2D eigenvalue weighted by Crippen LogP contribution is -2.42. The topological polar surface area (TPSA) is 62.3 Å². The average molecular weight is 343 g/mol. The number of nitrogens with zero attached hydrogens (tertiary/aromatic N) is 2. The Morgan fingerprint density at radius 1 is 1.33 bits per heavy atom. The number of benzene rings is 1. The number of carbonyl (C=O) groups excluding carboxylic acids is 2. The molecule has 1 aliphatic rings. The van der Waals surface area contributed by atoms with Gasteiger partial charge in [-0.25, -0.2) is 4.98 Å². The predicted octanol–water partition coefficient (Wildman–Crippen LogP) is 2.86. The summed E-state index contributed by atoms with van der Waals surface area (Å²) in [6, 6.07) is 7.59. The minimum Gasteiger partial charge on any atom is -0.350 e. The third kappa shape index (κ3) is 3.64. The van der Waals surface area contributed by atoms with E-state index in [0.717, 1.165) is 35.7 Å². The van der Waals surface area contributed by atoms with Gasteiger partial charge in [-0.15, -0.1) is 11.3 Å². The molecule has 3 rings (SSSR count). The molecule has 2 amide bonds. The summed E-state index contributed by atoms with van der Waals surface area (Å²) >= 11 is 1.60. The zero-order valence-electron chi connectivity index (χ0n) is 13.9. The first kappa shape index (κ1) is 16.6. The van der Waals surface area contributed by atoms with Crippen molar-refractivity contribution < 1.29 is 9.59 Å². The van der Waals surface area contributed by atoms with Gasteiger partial charge in [0.15, 0.2) is 0 Å². The van der Waals surface area contributed by atoms with Gasteiger partial charge in [-0.05, 0) is 31.9 Å². The number of likely N-dealkylation sites (tertiary alicyclic amines) is 1. The Hall–Kier alpha value is -2.21. The van der Waals surface area contributed by atoms with E-state index in [4.69, 9.17) is 0 Å². The molecule has 1 unspecified atom stereocenters. The summed E-state index contributed by atoms with van der Waals surface area (Å²) < 4.78 is 0. The molecular formula is C18H21N3O2S. The zero-order chi connectivity index (χ0) is 17.1. The fourth-order valence-electron chi connectivity index (χ4n) is 3.03. The summed E-state index contributed by atoms with van der Waals surface area (Å²) in [5.41, 5.74) is 2.64. The second-order valence-corrected chi connectivity index (χ2v) is 6.95. The second-order valence-electron chi connectivity index (χ2n) is 6.09. The van der Waals surface area contributed by atoms with Crippen LogP contribution in [0.5, 0.6) is 0 Å². The molecule has 0 aliphatic carbocycles. The van der Waals surface area contributed by atoms with Gasteiger partial charge < -0.3 is 10.2 Å². The Bertz CT molecular complexity index is 739. The molecule has 1 aromatic carbocycles. The van der Waals surface area contributed by atoms with Gasteiger partial charge in [0.2, 0.25) is 5.91 Å². The minimum absolute atomic E-state index is 0.0786. The molecule has 0 spiro atoms. The van der Waals surface area contributed by atoms with E-state index in [1.54, 1.807) is 18.3 Å². The van der Waals surface area contributed by atoms with Crippen LogP contribution in [0.4, 0.5) is 0 Å². The summed E-state index contributed by atoms with van der Waals surface area (Å²) in [6.45, 7) is 4.85.